The second-order valence-corrected chi connectivity index (χ2v) is 3.67. The molecule has 1 aromatic carbocycles. The zero-order valence-electron chi connectivity index (χ0n) is 11.0. The minimum Gasteiger partial charge on any atom is -0.465 e. The van der Waals surface area contributed by atoms with Crippen molar-refractivity contribution in [3.8, 4) is 6.07 Å². The number of allylic oxidation sites excluding steroid dienone is 4. The number of methoxy groups -OCH3 is 1. The van der Waals surface area contributed by atoms with Gasteiger partial charge in [0.15, 0.2) is 0 Å². The van der Waals surface area contributed by atoms with Gasteiger partial charge in [-0.1, -0.05) is 49.1 Å². The molecule has 0 aliphatic heterocycles. The van der Waals surface area contributed by atoms with Crippen LogP contribution in [0.4, 0.5) is 0 Å². The lowest BCUT2D eigenvalue weighted by molar-refractivity contribution is -0.135. The van der Waals surface area contributed by atoms with Crippen LogP contribution in [0.2, 0.25) is 0 Å². The third-order valence-electron chi connectivity index (χ3n) is 2.63. The normalized spacial score (nSPS) is 12.2. The monoisotopic (exact) mass is 253 g/mol. The zero-order valence-corrected chi connectivity index (χ0v) is 11.0. The summed E-state index contributed by atoms with van der Waals surface area (Å²) < 4.78 is 4.66. The van der Waals surface area contributed by atoms with Crippen LogP contribution >= 0.6 is 0 Å². The van der Waals surface area contributed by atoms with Crippen LogP contribution in [0.5, 0.6) is 0 Å². The highest BCUT2D eigenvalue weighted by Crippen LogP contribution is 2.27. The molecule has 0 heterocycles. The van der Waals surface area contributed by atoms with Crippen LogP contribution < -0.4 is 0 Å². The van der Waals surface area contributed by atoms with Gasteiger partial charge in [0.1, 0.15) is 11.6 Å². The summed E-state index contributed by atoms with van der Waals surface area (Å²) in [6.45, 7) is 5.54. The van der Waals surface area contributed by atoms with Crippen molar-refractivity contribution in [3.05, 3.63) is 65.8 Å². The molecule has 0 aromatic heterocycles. The van der Waals surface area contributed by atoms with Gasteiger partial charge in [-0.2, -0.15) is 5.26 Å². The molecule has 0 saturated heterocycles. The van der Waals surface area contributed by atoms with Crippen molar-refractivity contribution >= 4 is 11.5 Å². The molecule has 96 valence electrons. The summed E-state index contributed by atoms with van der Waals surface area (Å²) in [4.78, 5) is 11.7. The molecule has 0 saturated carbocycles. The van der Waals surface area contributed by atoms with Gasteiger partial charge in [-0.25, -0.2) is 4.79 Å². The Kier molecular flexibility index (Phi) is 5.31. The summed E-state index contributed by atoms with van der Waals surface area (Å²) in [5.74, 6) is -0.650. The maximum Gasteiger partial charge on any atom is 0.349 e. The number of carbonyl (C=O) groups is 1. The third-order valence-corrected chi connectivity index (χ3v) is 2.63. The zero-order chi connectivity index (χ0) is 14.3. The lowest BCUT2D eigenvalue weighted by atomic mass is 9.93. The van der Waals surface area contributed by atoms with Crippen LogP contribution in [0.25, 0.3) is 5.57 Å². The lowest BCUT2D eigenvalue weighted by Gasteiger charge is -2.11. The molecule has 3 nitrogen and oxygen atoms in total. The molecular weight excluding hydrogens is 238 g/mol. The van der Waals surface area contributed by atoms with Gasteiger partial charge in [0, 0.05) is 5.57 Å². The summed E-state index contributed by atoms with van der Waals surface area (Å²) in [5, 5.41) is 9.23. The molecule has 0 amide bonds. The molecule has 0 bridgehead atoms. The van der Waals surface area contributed by atoms with E-state index in [-0.39, 0.29) is 5.57 Å². The fourth-order valence-corrected chi connectivity index (χ4v) is 1.73. The van der Waals surface area contributed by atoms with Gasteiger partial charge in [0.2, 0.25) is 0 Å². The van der Waals surface area contributed by atoms with E-state index >= 15 is 0 Å². The highest BCUT2D eigenvalue weighted by Gasteiger charge is 2.18. The molecule has 0 aliphatic rings. The maximum absolute atomic E-state index is 11.7. The maximum atomic E-state index is 11.7. The molecule has 0 N–H and O–H groups in total. The van der Waals surface area contributed by atoms with Crippen molar-refractivity contribution in [2.24, 2.45) is 0 Å². The quantitative estimate of drug-likeness (QED) is 0.358. The summed E-state index contributed by atoms with van der Waals surface area (Å²) in [6.07, 6.45) is 3.41. The minimum atomic E-state index is -0.650. The first-order chi connectivity index (χ1) is 9.19. The van der Waals surface area contributed by atoms with Crippen LogP contribution in [0, 0.1) is 11.3 Å². The van der Waals surface area contributed by atoms with Crippen LogP contribution in [0.1, 0.15) is 12.5 Å². The van der Waals surface area contributed by atoms with Gasteiger partial charge in [-0.15, -0.1) is 0 Å². The van der Waals surface area contributed by atoms with Crippen molar-refractivity contribution in [1.29, 1.82) is 5.26 Å². The first kappa shape index (κ1) is 14.5. The number of hydrogen-bond acceptors (Lipinski definition) is 3. The fraction of sp³-hybridized carbons (Fsp3) is 0.125. The van der Waals surface area contributed by atoms with Gasteiger partial charge in [-0.05, 0) is 18.1 Å². The number of rotatable bonds is 4. The van der Waals surface area contributed by atoms with Crippen LogP contribution in [0.15, 0.2) is 60.2 Å². The van der Waals surface area contributed by atoms with Crippen LogP contribution in [-0.4, -0.2) is 13.1 Å². The largest absolute Gasteiger partial charge is 0.465 e. The molecule has 19 heavy (non-hydrogen) atoms. The van der Waals surface area contributed by atoms with Crippen molar-refractivity contribution in [2.75, 3.05) is 7.11 Å². The molecule has 0 spiro atoms. The Morgan fingerprint density at radius 1 is 1.37 bits per heavy atom. The summed E-state index contributed by atoms with van der Waals surface area (Å²) >= 11 is 0. The van der Waals surface area contributed by atoms with Gasteiger partial charge in [0.05, 0.1) is 7.11 Å². The van der Waals surface area contributed by atoms with E-state index in [1.54, 1.807) is 12.2 Å². The summed E-state index contributed by atoms with van der Waals surface area (Å²) in [7, 11) is 1.26. The highest BCUT2D eigenvalue weighted by molar-refractivity contribution is 6.05. The van der Waals surface area contributed by atoms with Crippen molar-refractivity contribution in [2.45, 2.75) is 6.92 Å². The van der Waals surface area contributed by atoms with E-state index in [4.69, 9.17) is 0 Å². The van der Waals surface area contributed by atoms with Crippen molar-refractivity contribution in [3.63, 3.8) is 0 Å². The van der Waals surface area contributed by atoms with Crippen LogP contribution in [-0.2, 0) is 9.53 Å². The van der Waals surface area contributed by atoms with Gasteiger partial charge < -0.3 is 4.74 Å². The predicted molar refractivity (Wildman–Crippen MR) is 74.9 cm³/mol. The minimum absolute atomic E-state index is 0.0262. The van der Waals surface area contributed by atoms with E-state index in [0.29, 0.717) is 11.1 Å². The van der Waals surface area contributed by atoms with Crippen molar-refractivity contribution < 1.29 is 9.53 Å². The second kappa shape index (κ2) is 6.97. The van der Waals surface area contributed by atoms with E-state index in [2.05, 4.69) is 11.3 Å². The number of benzene rings is 1. The molecule has 0 atom stereocenters. The average Bonchev–Trinajstić information content (AvgIpc) is 2.48. The number of ether oxygens (including phenoxy) is 1. The van der Waals surface area contributed by atoms with E-state index in [0.717, 1.165) is 5.56 Å². The van der Waals surface area contributed by atoms with Gasteiger partial charge >= 0.3 is 5.97 Å². The molecule has 1 aromatic rings. The summed E-state index contributed by atoms with van der Waals surface area (Å²) in [5.41, 5.74) is 2.00. The van der Waals surface area contributed by atoms with Crippen LogP contribution in [0.3, 0.4) is 0 Å². The molecular formula is C16H15NO2. The number of esters is 1. The predicted octanol–water partition coefficient (Wildman–Crippen LogP) is 3.27. The average molecular weight is 253 g/mol. The Bertz CT molecular complexity index is 575. The van der Waals surface area contributed by atoms with E-state index in [1.807, 2.05) is 43.3 Å². The van der Waals surface area contributed by atoms with E-state index in [9.17, 15) is 10.1 Å². The summed E-state index contributed by atoms with van der Waals surface area (Å²) in [6, 6.07) is 11.1. The fourth-order valence-electron chi connectivity index (χ4n) is 1.73. The smallest absolute Gasteiger partial charge is 0.349 e. The highest BCUT2D eigenvalue weighted by atomic mass is 16.5. The van der Waals surface area contributed by atoms with Crippen molar-refractivity contribution in [1.82, 2.24) is 0 Å². The number of nitriles is 1. The SMILES string of the molecule is C=CC(=C\C)/C(=C(/C#N)C(=O)OC)c1ccccc1. The number of hydrogen-bond donors (Lipinski definition) is 0. The molecule has 1 rings (SSSR count). The Balaban J connectivity index is 3.61. The Morgan fingerprint density at radius 3 is 2.42 bits per heavy atom. The first-order valence-electron chi connectivity index (χ1n) is 5.76. The Labute approximate surface area is 113 Å². The Morgan fingerprint density at radius 2 is 2.00 bits per heavy atom. The van der Waals surface area contributed by atoms with Gasteiger partial charge in [-0.3, -0.25) is 0 Å². The standard InChI is InChI=1S/C16H15NO2/c1-4-12(5-2)15(13-9-7-6-8-10-13)14(11-17)16(18)19-3/h4-10H,1H2,2-3H3/b12-5+,15-14+. The molecule has 0 fully saturated rings. The van der Waals surface area contributed by atoms with E-state index < -0.39 is 5.97 Å². The Hall–Kier alpha value is -2.60. The number of carbonyl (C=O) groups excluding carboxylic acids is 1. The molecule has 0 radical (unpaired) electrons. The van der Waals surface area contributed by atoms with Gasteiger partial charge in [0.25, 0.3) is 0 Å². The molecule has 3 heteroatoms. The number of nitrogens with zero attached hydrogens (tertiary/aromatic N) is 1. The second-order valence-electron chi connectivity index (χ2n) is 3.67. The first-order valence-corrected chi connectivity index (χ1v) is 5.76. The third kappa shape index (κ3) is 3.20. The molecule has 0 aliphatic carbocycles. The molecule has 0 unspecified atom stereocenters. The topological polar surface area (TPSA) is 50.1 Å². The lowest BCUT2D eigenvalue weighted by Crippen LogP contribution is -2.07. The van der Waals surface area contributed by atoms with E-state index in [1.165, 1.54) is 7.11 Å².